The summed E-state index contributed by atoms with van der Waals surface area (Å²) < 4.78 is 34.8. The van der Waals surface area contributed by atoms with E-state index in [1.807, 2.05) is 0 Å². The molecule has 0 saturated carbocycles. The van der Waals surface area contributed by atoms with E-state index >= 15 is 0 Å². The molecule has 2 aromatic carbocycles. The number of anilines is 1. The fraction of sp³-hybridized carbons (Fsp3) is 0.0909. The van der Waals surface area contributed by atoms with E-state index in [1.165, 1.54) is 31.4 Å². The van der Waals surface area contributed by atoms with E-state index in [0.29, 0.717) is 27.7 Å². The first-order chi connectivity index (χ1) is 15.4. The number of pyridine rings is 1. The number of ether oxygens (including phenoxy) is 1. The second kappa shape index (κ2) is 8.89. The molecule has 2 N–H and O–H groups in total. The van der Waals surface area contributed by atoms with Gasteiger partial charge in [0.2, 0.25) is 0 Å². The maximum Gasteiger partial charge on any atom is 0.262 e. The second-order valence-electron chi connectivity index (χ2n) is 6.86. The van der Waals surface area contributed by atoms with E-state index in [2.05, 4.69) is 15.0 Å². The highest BCUT2D eigenvalue weighted by Gasteiger charge is 2.17. The zero-order valence-electron chi connectivity index (χ0n) is 16.9. The van der Waals surface area contributed by atoms with E-state index in [9.17, 15) is 13.2 Å². The van der Waals surface area contributed by atoms with Gasteiger partial charge in [-0.05, 0) is 48.5 Å². The van der Waals surface area contributed by atoms with E-state index in [0.717, 1.165) is 5.65 Å². The Labute approximate surface area is 189 Å². The number of halogens is 1. The quantitative estimate of drug-likeness (QED) is 0.428. The van der Waals surface area contributed by atoms with Gasteiger partial charge in [-0.25, -0.2) is 13.4 Å². The number of methoxy groups -OCH3 is 1. The smallest absolute Gasteiger partial charge is 0.262 e. The molecule has 0 fully saturated rings. The number of nitrogens with one attached hydrogen (secondary N) is 2. The van der Waals surface area contributed by atoms with Gasteiger partial charge < -0.3 is 14.5 Å². The molecule has 1 amide bonds. The molecule has 0 unspecified atom stereocenters. The number of carbonyl (C=O) groups is 1. The van der Waals surface area contributed by atoms with Gasteiger partial charge >= 0.3 is 0 Å². The van der Waals surface area contributed by atoms with E-state index in [-0.39, 0.29) is 17.3 Å². The van der Waals surface area contributed by atoms with E-state index < -0.39 is 10.0 Å². The summed E-state index contributed by atoms with van der Waals surface area (Å²) in [6.07, 6.45) is 3.51. The number of fused-ring (bicyclic) bond motifs is 1. The predicted octanol–water partition coefficient (Wildman–Crippen LogP) is 3.73. The Morgan fingerprint density at radius 2 is 1.81 bits per heavy atom. The van der Waals surface area contributed by atoms with Crippen molar-refractivity contribution in [2.75, 3.05) is 11.8 Å². The molecule has 0 bridgehead atoms. The van der Waals surface area contributed by atoms with Gasteiger partial charge in [-0.1, -0.05) is 23.7 Å². The summed E-state index contributed by atoms with van der Waals surface area (Å²) in [4.78, 5) is 16.9. The first-order valence-electron chi connectivity index (χ1n) is 9.53. The number of nitrogens with zero attached hydrogens (tertiary/aromatic N) is 2. The number of benzene rings is 2. The van der Waals surface area contributed by atoms with Crippen molar-refractivity contribution in [3.05, 3.63) is 89.3 Å². The molecular weight excluding hydrogens is 452 g/mol. The topological polar surface area (TPSA) is 102 Å². The minimum absolute atomic E-state index is 0.0252. The van der Waals surface area contributed by atoms with Gasteiger partial charge in [-0.3, -0.25) is 9.52 Å². The maximum absolute atomic E-state index is 12.7. The monoisotopic (exact) mass is 470 g/mol. The van der Waals surface area contributed by atoms with Crippen LogP contribution in [0.15, 0.2) is 78.0 Å². The third-order valence-electron chi connectivity index (χ3n) is 4.67. The van der Waals surface area contributed by atoms with E-state index in [4.69, 9.17) is 16.3 Å². The average Bonchev–Trinajstić information content (AvgIpc) is 3.19. The molecule has 0 saturated heterocycles. The molecule has 0 aliphatic carbocycles. The third-order valence-corrected chi connectivity index (χ3v) is 6.28. The number of para-hydroxylation sites is 2. The van der Waals surface area contributed by atoms with Crippen molar-refractivity contribution in [2.45, 2.75) is 11.4 Å². The predicted molar refractivity (Wildman–Crippen MR) is 122 cm³/mol. The summed E-state index contributed by atoms with van der Waals surface area (Å²) >= 11 is 5.97. The van der Waals surface area contributed by atoms with Crippen molar-refractivity contribution in [2.24, 2.45) is 0 Å². The number of amides is 1. The molecule has 8 nitrogen and oxygen atoms in total. The molecule has 32 heavy (non-hydrogen) atoms. The van der Waals surface area contributed by atoms with Crippen LogP contribution >= 0.6 is 11.6 Å². The van der Waals surface area contributed by atoms with Gasteiger partial charge in [0.05, 0.1) is 35.0 Å². The normalized spacial score (nSPS) is 11.3. The zero-order chi connectivity index (χ0) is 22.7. The lowest BCUT2D eigenvalue weighted by Gasteiger charge is -2.12. The number of aromatic nitrogens is 2. The Hall–Kier alpha value is -3.56. The van der Waals surface area contributed by atoms with Gasteiger partial charge in [0.15, 0.2) is 0 Å². The summed E-state index contributed by atoms with van der Waals surface area (Å²) in [5, 5.41) is 3.36. The van der Waals surface area contributed by atoms with Crippen molar-refractivity contribution in [3.8, 4) is 5.75 Å². The van der Waals surface area contributed by atoms with Crippen LogP contribution in [-0.2, 0) is 16.6 Å². The lowest BCUT2D eigenvalue weighted by Crippen LogP contribution is -2.23. The van der Waals surface area contributed by atoms with Gasteiger partial charge in [-0.15, -0.1) is 0 Å². The lowest BCUT2D eigenvalue weighted by atomic mass is 10.2. The molecule has 0 spiro atoms. The lowest BCUT2D eigenvalue weighted by molar-refractivity contribution is 0.0950. The minimum Gasteiger partial charge on any atom is -0.495 e. The third kappa shape index (κ3) is 4.68. The molecular formula is C22H19ClN4O4S. The van der Waals surface area contributed by atoms with Crippen LogP contribution in [0.4, 0.5) is 5.69 Å². The first-order valence-corrected chi connectivity index (χ1v) is 11.4. The number of rotatable bonds is 7. The maximum atomic E-state index is 12.7. The van der Waals surface area contributed by atoms with Crippen LogP contribution in [-0.4, -0.2) is 30.8 Å². The number of carbonyl (C=O) groups excluding carboxylic acids is 1. The Morgan fingerprint density at radius 3 is 2.56 bits per heavy atom. The van der Waals surface area contributed by atoms with Crippen molar-refractivity contribution in [3.63, 3.8) is 0 Å². The fourth-order valence-corrected chi connectivity index (χ4v) is 4.33. The summed E-state index contributed by atoms with van der Waals surface area (Å²) in [6, 6.07) is 15.9. The minimum atomic E-state index is -3.85. The van der Waals surface area contributed by atoms with Crippen LogP contribution in [0, 0.1) is 0 Å². The van der Waals surface area contributed by atoms with Gasteiger partial charge in [0, 0.05) is 18.0 Å². The number of imidazole rings is 1. The van der Waals surface area contributed by atoms with Gasteiger partial charge in [0.1, 0.15) is 11.4 Å². The highest BCUT2D eigenvalue weighted by atomic mass is 35.5. The Kier molecular flexibility index (Phi) is 6.02. The Morgan fingerprint density at radius 1 is 1.06 bits per heavy atom. The highest BCUT2D eigenvalue weighted by molar-refractivity contribution is 7.92. The van der Waals surface area contributed by atoms with Crippen molar-refractivity contribution < 1.29 is 17.9 Å². The Bertz CT molecular complexity index is 1380. The van der Waals surface area contributed by atoms with Crippen LogP contribution in [0.5, 0.6) is 5.75 Å². The SMILES string of the molecule is COc1ccccc1NS(=O)(=O)c1ccc(C(=O)NCc2cn3cc(Cl)ccc3n2)cc1. The number of sulfonamides is 1. The van der Waals surface area contributed by atoms with Crippen LogP contribution in [0.1, 0.15) is 16.1 Å². The molecule has 4 aromatic rings. The molecule has 2 aromatic heterocycles. The van der Waals surface area contributed by atoms with Crippen LogP contribution in [0.2, 0.25) is 5.02 Å². The molecule has 0 aliphatic heterocycles. The largest absolute Gasteiger partial charge is 0.495 e. The number of hydrogen-bond donors (Lipinski definition) is 2. The molecule has 4 rings (SSSR count). The van der Waals surface area contributed by atoms with Crippen molar-refractivity contribution in [1.82, 2.24) is 14.7 Å². The standard InChI is InChI=1S/C22H19ClN4O4S/c1-31-20-5-3-2-4-19(20)26-32(29,30)18-9-6-15(7-10-18)22(28)24-12-17-14-27-13-16(23)8-11-21(27)25-17/h2-11,13-14,26H,12H2,1H3,(H,24,28). The molecule has 0 aliphatic rings. The molecule has 2 heterocycles. The van der Waals surface area contributed by atoms with Crippen LogP contribution < -0.4 is 14.8 Å². The van der Waals surface area contributed by atoms with Gasteiger partial charge in [-0.2, -0.15) is 0 Å². The fourth-order valence-electron chi connectivity index (χ4n) is 3.09. The highest BCUT2D eigenvalue weighted by Crippen LogP contribution is 2.26. The van der Waals surface area contributed by atoms with Crippen molar-refractivity contribution in [1.29, 1.82) is 0 Å². The molecule has 164 valence electrons. The van der Waals surface area contributed by atoms with Gasteiger partial charge in [0.25, 0.3) is 15.9 Å². The second-order valence-corrected chi connectivity index (χ2v) is 8.98. The molecule has 0 atom stereocenters. The number of hydrogen-bond acceptors (Lipinski definition) is 5. The van der Waals surface area contributed by atoms with Crippen LogP contribution in [0.25, 0.3) is 5.65 Å². The van der Waals surface area contributed by atoms with E-state index in [1.54, 1.807) is 53.2 Å². The first kappa shape index (κ1) is 21.7. The summed E-state index contributed by atoms with van der Waals surface area (Å²) in [6.45, 7) is 0.216. The Balaban J connectivity index is 1.43. The molecule has 0 radical (unpaired) electrons. The average molecular weight is 471 g/mol. The van der Waals surface area contributed by atoms with Crippen molar-refractivity contribution >= 4 is 38.9 Å². The zero-order valence-corrected chi connectivity index (χ0v) is 18.5. The van der Waals surface area contributed by atoms with Crippen LogP contribution in [0.3, 0.4) is 0 Å². The summed E-state index contributed by atoms with van der Waals surface area (Å²) in [7, 11) is -2.39. The summed E-state index contributed by atoms with van der Waals surface area (Å²) in [5.74, 6) is 0.0583. The summed E-state index contributed by atoms with van der Waals surface area (Å²) in [5.41, 5.74) is 2.04. The molecule has 10 heteroatoms.